The molecule has 1 aromatic carbocycles. The largest absolute Gasteiger partial charge is 0.478 e. The molecule has 1 saturated heterocycles. The highest BCUT2D eigenvalue weighted by Gasteiger charge is 2.19. The highest BCUT2D eigenvalue weighted by Crippen LogP contribution is 2.23. The van der Waals surface area contributed by atoms with Gasteiger partial charge in [-0.25, -0.2) is 9.78 Å². The number of carboxylic acids is 1. The second kappa shape index (κ2) is 5.85. The zero-order chi connectivity index (χ0) is 14.8. The van der Waals surface area contributed by atoms with Gasteiger partial charge in [-0.1, -0.05) is 13.0 Å². The van der Waals surface area contributed by atoms with E-state index in [0.717, 1.165) is 50.2 Å². The van der Waals surface area contributed by atoms with Crippen LogP contribution < -0.4 is 0 Å². The van der Waals surface area contributed by atoms with Crippen LogP contribution in [0.15, 0.2) is 18.2 Å². The Balaban J connectivity index is 1.95. The zero-order valence-electron chi connectivity index (χ0n) is 12.2. The molecule has 1 fully saturated rings. The van der Waals surface area contributed by atoms with Crippen molar-refractivity contribution in [1.29, 1.82) is 0 Å². The SMILES string of the molecule is CCc1nc2c(C(=O)O)cccc2n1CCC1CCCO1. The molecule has 1 unspecified atom stereocenters. The second-order valence-electron chi connectivity index (χ2n) is 5.44. The van der Waals surface area contributed by atoms with Crippen LogP contribution in [0.25, 0.3) is 11.0 Å². The minimum Gasteiger partial charge on any atom is -0.478 e. The van der Waals surface area contributed by atoms with Crippen LogP contribution >= 0.6 is 0 Å². The van der Waals surface area contributed by atoms with Gasteiger partial charge in [-0.3, -0.25) is 0 Å². The molecular formula is C16H20N2O3. The normalized spacial score (nSPS) is 18.4. The molecule has 5 nitrogen and oxygen atoms in total. The van der Waals surface area contributed by atoms with Crippen LogP contribution in [0.4, 0.5) is 0 Å². The molecule has 0 amide bonds. The molecule has 1 aliphatic heterocycles. The van der Waals surface area contributed by atoms with E-state index < -0.39 is 5.97 Å². The van der Waals surface area contributed by atoms with E-state index in [1.165, 1.54) is 0 Å². The number of hydrogen-bond donors (Lipinski definition) is 1. The maximum Gasteiger partial charge on any atom is 0.337 e. The summed E-state index contributed by atoms with van der Waals surface area (Å²) in [6, 6.07) is 5.35. The molecule has 2 heterocycles. The molecular weight excluding hydrogens is 268 g/mol. The summed E-state index contributed by atoms with van der Waals surface area (Å²) in [5.41, 5.74) is 1.78. The van der Waals surface area contributed by atoms with E-state index in [9.17, 15) is 9.90 Å². The average Bonchev–Trinajstić information content (AvgIpc) is 3.11. The number of fused-ring (bicyclic) bond motifs is 1. The molecule has 1 aromatic heterocycles. The fraction of sp³-hybridized carbons (Fsp3) is 0.500. The predicted molar refractivity (Wildman–Crippen MR) is 79.7 cm³/mol. The van der Waals surface area contributed by atoms with Crippen LogP contribution in [0.3, 0.4) is 0 Å². The molecule has 5 heteroatoms. The van der Waals surface area contributed by atoms with Gasteiger partial charge in [-0.2, -0.15) is 0 Å². The van der Waals surface area contributed by atoms with Crippen LogP contribution in [0.1, 0.15) is 42.4 Å². The Labute approximate surface area is 123 Å². The van der Waals surface area contributed by atoms with Gasteiger partial charge in [-0.05, 0) is 31.4 Å². The van der Waals surface area contributed by atoms with Gasteiger partial charge < -0.3 is 14.4 Å². The predicted octanol–water partition coefficient (Wildman–Crippen LogP) is 2.87. The molecule has 21 heavy (non-hydrogen) atoms. The number of carbonyl (C=O) groups is 1. The van der Waals surface area contributed by atoms with Gasteiger partial charge in [0.1, 0.15) is 11.3 Å². The minimum absolute atomic E-state index is 0.276. The van der Waals surface area contributed by atoms with Crippen molar-refractivity contribution in [3.63, 3.8) is 0 Å². The average molecular weight is 288 g/mol. The van der Waals surface area contributed by atoms with Crippen LogP contribution in [0.2, 0.25) is 0 Å². The number of nitrogens with zero attached hydrogens (tertiary/aromatic N) is 2. The van der Waals surface area contributed by atoms with Crippen LogP contribution in [0.5, 0.6) is 0 Å². The summed E-state index contributed by atoms with van der Waals surface area (Å²) in [5.74, 6) is 0.0173. The maximum atomic E-state index is 11.3. The summed E-state index contributed by atoms with van der Waals surface area (Å²) in [5, 5.41) is 9.29. The smallest absolute Gasteiger partial charge is 0.337 e. The van der Waals surface area contributed by atoms with Crippen molar-refractivity contribution in [3.05, 3.63) is 29.6 Å². The number of para-hydroxylation sites is 1. The monoisotopic (exact) mass is 288 g/mol. The van der Waals surface area contributed by atoms with Crippen molar-refractivity contribution < 1.29 is 14.6 Å². The first-order valence-corrected chi connectivity index (χ1v) is 7.53. The Hall–Kier alpha value is -1.88. The fourth-order valence-electron chi connectivity index (χ4n) is 3.03. The van der Waals surface area contributed by atoms with Gasteiger partial charge in [0, 0.05) is 19.6 Å². The molecule has 0 radical (unpaired) electrons. The first kappa shape index (κ1) is 14.1. The Morgan fingerprint density at radius 1 is 1.52 bits per heavy atom. The Morgan fingerprint density at radius 2 is 2.38 bits per heavy atom. The third-order valence-corrected chi connectivity index (χ3v) is 4.10. The first-order chi connectivity index (χ1) is 10.2. The number of ether oxygens (including phenoxy) is 1. The quantitative estimate of drug-likeness (QED) is 0.918. The molecule has 0 aliphatic carbocycles. The summed E-state index contributed by atoms with van der Waals surface area (Å²) in [4.78, 5) is 15.9. The number of hydrogen-bond acceptors (Lipinski definition) is 3. The molecule has 0 bridgehead atoms. The molecule has 0 spiro atoms. The number of aromatic carboxylic acids is 1. The summed E-state index contributed by atoms with van der Waals surface area (Å²) in [6.07, 6.45) is 4.33. The second-order valence-corrected chi connectivity index (χ2v) is 5.44. The van der Waals surface area contributed by atoms with Gasteiger partial charge in [0.05, 0.1) is 17.2 Å². The third kappa shape index (κ3) is 2.65. The number of aromatic nitrogens is 2. The Bertz CT molecular complexity index is 657. The van der Waals surface area contributed by atoms with Crippen molar-refractivity contribution in [2.75, 3.05) is 6.61 Å². The lowest BCUT2D eigenvalue weighted by molar-refractivity contribution is 0.0699. The summed E-state index contributed by atoms with van der Waals surface area (Å²) < 4.78 is 7.81. The summed E-state index contributed by atoms with van der Waals surface area (Å²) in [6.45, 7) is 3.73. The Kier molecular flexibility index (Phi) is 3.92. The number of carboxylic acid groups (broad SMARTS) is 1. The molecule has 2 aromatic rings. The molecule has 1 aliphatic rings. The molecule has 112 valence electrons. The van der Waals surface area contributed by atoms with Crippen LogP contribution in [-0.2, 0) is 17.7 Å². The van der Waals surface area contributed by atoms with E-state index in [2.05, 4.69) is 9.55 Å². The van der Waals surface area contributed by atoms with Crippen LogP contribution in [0, 0.1) is 0 Å². The zero-order valence-corrected chi connectivity index (χ0v) is 12.2. The van der Waals surface area contributed by atoms with Crippen molar-refractivity contribution >= 4 is 17.0 Å². The van der Waals surface area contributed by atoms with E-state index >= 15 is 0 Å². The minimum atomic E-state index is -0.924. The highest BCUT2D eigenvalue weighted by molar-refractivity contribution is 6.01. The van der Waals surface area contributed by atoms with Crippen LogP contribution in [-0.4, -0.2) is 33.3 Å². The van der Waals surface area contributed by atoms with Gasteiger partial charge in [0.25, 0.3) is 0 Å². The number of aryl methyl sites for hydroxylation is 2. The summed E-state index contributed by atoms with van der Waals surface area (Å²) in [7, 11) is 0. The number of rotatable bonds is 5. The Morgan fingerprint density at radius 3 is 3.05 bits per heavy atom. The number of benzene rings is 1. The van der Waals surface area contributed by atoms with Gasteiger partial charge in [-0.15, -0.1) is 0 Å². The first-order valence-electron chi connectivity index (χ1n) is 7.53. The van der Waals surface area contributed by atoms with Gasteiger partial charge in [0.2, 0.25) is 0 Å². The molecule has 0 saturated carbocycles. The fourth-order valence-corrected chi connectivity index (χ4v) is 3.03. The van der Waals surface area contributed by atoms with Crippen molar-refractivity contribution in [1.82, 2.24) is 9.55 Å². The highest BCUT2D eigenvalue weighted by atomic mass is 16.5. The van der Waals surface area contributed by atoms with Crippen molar-refractivity contribution in [2.45, 2.75) is 45.3 Å². The lowest BCUT2D eigenvalue weighted by Gasteiger charge is -2.12. The van der Waals surface area contributed by atoms with E-state index in [4.69, 9.17) is 4.74 Å². The standard InChI is InChI=1S/C16H20N2O3/c1-2-14-17-15-12(16(19)20)6-3-7-13(15)18(14)9-8-11-5-4-10-21-11/h3,6-7,11H,2,4-5,8-10H2,1H3,(H,19,20). The summed E-state index contributed by atoms with van der Waals surface area (Å²) >= 11 is 0. The lowest BCUT2D eigenvalue weighted by atomic mass is 10.1. The molecule has 1 atom stereocenters. The van der Waals surface area contributed by atoms with Gasteiger partial charge >= 0.3 is 5.97 Å². The van der Waals surface area contributed by atoms with E-state index in [1.54, 1.807) is 12.1 Å². The molecule has 3 rings (SSSR count). The van der Waals surface area contributed by atoms with Crippen molar-refractivity contribution in [3.8, 4) is 0 Å². The van der Waals surface area contributed by atoms with E-state index in [-0.39, 0.29) is 5.56 Å². The van der Waals surface area contributed by atoms with E-state index in [1.807, 2.05) is 13.0 Å². The maximum absolute atomic E-state index is 11.3. The van der Waals surface area contributed by atoms with Gasteiger partial charge in [0.15, 0.2) is 0 Å². The third-order valence-electron chi connectivity index (χ3n) is 4.10. The van der Waals surface area contributed by atoms with E-state index in [0.29, 0.717) is 11.6 Å². The lowest BCUT2D eigenvalue weighted by Crippen LogP contribution is -2.11. The molecule has 1 N–H and O–H groups in total. The topological polar surface area (TPSA) is 64.3 Å². The number of imidazole rings is 1. The van der Waals surface area contributed by atoms with Crippen molar-refractivity contribution in [2.24, 2.45) is 0 Å².